The number of nitrogens with zero attached hydrogens (tertiary/aromatic N) is 1. The van der Waals surface area contributed by atoms with Gasteiger partial charge in [-0.05, 0) is 42.7 Å². The zero-order valence-electron chi connectivity index (χ0n) is 14.4. The molecule has 144 valence electrons. The normalized spacial score (nSPS) is 14.4. The molecule has 1 amide bonds. The van der Waals surface area contributed by atoms with Crippen LogP contribution in [-0.4, -0.2) is 31.7 Å². The van der Waals surface area contributed by atoms with E-state index in [1.807, 2.05) is 0 Å². The summed E-state index contributed by atoms with van der Waals surface area (Å²) < 4.78 is 28.6. The van der Waals surface area contributed by atoms with Crippen LogP contribution in [0, 0.1) is 0 Å². The topological polar surface area (TPSA) is 66.5 Å². The summed E-state index contributed by atoms with van der Waals surface area (Å²) in [6.07, 6.45) is 1.59. The highest BCUT2D eigenvalue weighted by atomic mass is 79.9. The molecule has 1 aliphatic carbocycles. The molecule has 0 saturated heterocycles. The molecule has 0 spiro atoms. The van der Waals surface area contributed by atoms with E-state index in [0.717, 1.165) is 18.4 Å². The molecular formula is C18H17BrCl2N2O3S. The van der Waals surface area contributed by atoms with Gasteiger partial charge in [0.2, 0.25) is 10.0 Å². The number of nitrogens with one attached hydrogen (secondary N) is 1. The van der Waals surface area contributed by atoms with Gasteiger partial charge in [-0.15, -0.1) is 0 Å². The average molecular weight is 492 g/mol. The molecule has 2 aromatic carbocycles. The van der Waals surface area contributed by atoms with Gasteiger partial charge in [-0.25, -0.2) is 8.42 Å². The van der Waals surface area contributed by atoms with Gasteiger partial charge in [0, 0.05) is 29.7 Å². The molecule has 1 saturated carbocycles. The Morgan fingerprint density at radius 1 is 1.19 bits per heavy atom. The molecule has 0 bridgehead atoms. The Hall–Kier alpha value is -1.12. The Balaban J connectivity index is 1.93. The van der Waals surface area contributed by atoms with Crippen molar-refractivity contribution in [3.63, 3.8) is 0 Å². The Labute approximate surface area is 176 Å². The van der Waals surface area contributed by atoms with Crippen molar-refractivity contribution < 1.29 is 13.2 Å². The van der Waals surface area contributed by atoms with Crippen molar-refractivity contribution in [1.82, 2.24) is 9.62 Å². The molecule has 1 fully saturated rings. The number of benzene rings is 2. The van der Waals surface area contributed by atoms with Crippen LogP contribution < -0.4 is 5.32 Å². The molecule has 1 aliphatic rings. The summed E-state index contributed by atoms with van der Waals surface area (Å²) in [5, 5.41) is 2.71. The number of rotatable bonds is 6. The quantitative estimate of drug-likeness (QED) is 0.648. The van der Waals surface area contributed by atoms with E-state index in [-0.39, 0.29) is 33.4 Å². The minimum atomic E-state index is -3.88. The molecule has 9 heteroatoms. The van der Waals surface area contributed by atoms with Crippen molar-refractivity contribution in [3.05, 3.63) is 62.0 Å². The average Bonchev–Trinajstić information content (AvgIpc) is 3.43. The van der Waals surface area contributed by atoms with Gasteiger partial charge in [0.15, 0.2) is 0 Å². The second-order valence-electron chi connectivity index (χ2n) is 6.26. The van der Waals surface area contributed by atoms with Crippen LogP contribution in [0.25, 0.3) is 0 Å². The zero-order valence-corrected chi connectivity index (χ0v) is 18.3. The zero-order chi connectivity index (χ0) is 19.8. The van der Waals surface area contributed by atoms with Crippen molar-refractivity contribution in [1.29, 1.82) is 0 Å². The van der Waals surface area contributed by atoms with Crippen LogP contribution in [0.2, 0.25) is 10.0 Å². The van der Waals surface area contributed by atoms with E-state index in [2.05, 4.69) is 21.2 Å². The van der Waals surface area contributed by atoms with Gasteiger partial charge in [0.1, 0.15) is 4.90 Å². The second-order valence-corrected chi connectivity index (χ2v) is 9.81. The number of carbonyl (C=O) groups is 1. The minimum absolute atomic E-state index is 0.0787. The van der Waals surface area contributed by atoms with Gasteiger partial charge >= 0.3 is 0 Å². The van der Waals surface area contributed by atoms with Crippen LogP contribution in [0.15, 0.2) is 45.8 Å². The van der Waals surface area contributed by atoms with Gasteiger partial charge in [-0.2, -0.15) is 4.31 Å². The van der Waals surface area contributed by atoms with Crippen LogP contribution >= 0.6 is 39.1 Å². The summed E-state index contributed by atoms with van der Waals surface area (Å²) in [5.41, 5.74) is 1.29. The predicted octanol–water partition coefficient (Wildman–Crippen LogP) is 4.47. The van der Waals surface area contributed by atoms with Gasteiger partial charge < -0.3 is 5.32 Å². The predicted molar refractivity (Wildman–Crippen MR) is 110 cm³/mol. The molecule has 0 atom stereocenters. The van der Waals surface area contributed by atoms with E-state index in [4.69, 9.17) is 23.2 Å². The number of amides is 1. The van der Waals surface area contributed by atoms with E-state index in [1.54, 1.807) is 31.3 Å². The summed E-state index contributed by atoms with van der Waals surface area (Å²) >= 11 is 15.7. The Kier molecular flexibility index (Phi) is 6.17. The third kappa shape index (κ3) is 4.49. The molecular weight excluding hydrogens is 475 g/mol. The molecule has 3 rings (SSSR count). The molecule has 5 nitrogen and oxygen atoms in total. The fourth-order valence-electron chi connectivity index (χ4n) is 2.75. The Bertz CT molecular complexity index is 954. The fourth-order valence-corrected chi connectivity index (χ4v) is 6.31. The van der Waals surface area contributed by atoms with E-state index in [9.17, 15) is 13.2 Å². The number of hydrogen-bond donors (Lipinski definition) is 1. The molecule has 0 aromatic heterocycles. The number of carbonyl (C=O) groups excluding carboxylic acids is 1. The maximum atomic E-state index is 13.3. The molecule has 1 N–H and O–H groups in total. The first kappa shape index (κ1) is 20.6. The maximum absolute atomic E-state index is 13.3. The first-order chi connectivity index (χ1) is 12.7. The van der Waals surface area contributed by atoms with E-state index < -0.39 is 10.0 Å². The van der Waals surface area contributed by atoms with E-state index >= 15 is 0 Å². The lowest BCUT2D eigenvalue weighted by Gasteiger charge is -2.23. The lowest BCUT2D eigenvalue weighted by atomic mass is 10.1. The lowest BCUT2D eigenvalue weighted by molar-refractivity contribution is 0.0963. The maximum Gasteiger partial charge on any atom is 0.251 e. The molecule has 27 heavy (non-hydrogen) atoms. The van der Waals surface area contributed by atoms with Gasteiger partial charge in [0.05, 0.1) is 10.0 Å². The van der Waals surface area contributed by atoms with Crippen LogP contribution in [0.1, 0.15) is 28.8 Å². The van der Waals surface area contributed by atoms with Crippen LogP contribution in [0.3, 0.4) is 0 Å². The van der Waals surface area contributed by atoms with Crippen LogP contribution in [-0.2, 0) is 16.6 Å². The van der Waals surface area contributed by atoms with E-state index in [0.29, 0.717) is 10.0 Å². The Morgan fingerprint density at radius 2 is 1.74 bits per heavy atom. The highest BCUT2D eigenvalue weighted by molar-refractivity contribution is 9.10. The van der Waals surface area contributed by atoms with Crippen molar-refractivity contribution in [2.75, 3.05) is 7.05 Å². The van der Waals surface area contributed by atoms with Crippen LogP contribution in [0.5, 0.6) is 0 Å². The summed E-state index contributed by atoms with van der Waals surface area (Å²) in [7, 11) is -2.32. The lowest BCUT2D eigenvalue weighted by Crippen LogP contribution is -2.33. The van der Waals surface area contributed by atoms with Crippen molar-refractivity contribution in [2.45, 2.75) is 30.3 Å². The van der Waals surface area contributed by atoms with Crippen molar-refractivity contribution in [3.8, 4) is 0 Å². The minimum Gasteiger partial charge on any atom is -0.355 e. The summed E-state index contributed by atoms with van der Waals surface area (Å²) in [6, 6.07) is 9.80. The van der Waals surface area contributed by atoms with Crippen LogP contribution in [0.4, 0.5) is 0 Å². The Morgan fingerprint density at radius 3 is 2.22 bits per heavy atom. The van der Waals surface area contributed by atoms with Gasteiger partial charge in [-0.3, -0.25) is 4.79 Å². The first-order valence-electron chi connectivity index (χ1n) is 8.21. The highest BCUT2D eigenvalue weighted by Crippen LogP contribution is 2.39. The first-order valence-corrected chi connectivity index (χ1v) is 11.2. The number of hydrogen-bond acceptors (Lipinski definition) is 3. The smallest absolute Gasteiger partial charge is 0.251 e. The fraction of sp³-hybridized carbons (Fsp3) is 0.278. The van der Waals surface area contributed by atoms with Crippen molar-refractivity contribution in [2.24, 2.45) is 0 Å². The molecule has 0 radical (unpaired) electrons. The molecule has 0 unspecified atom stereocenters. The molecule has 2 aromatic rings. The second kappa shape index (κ2) is 8.09. The third-order valence-corrected chi connectivity index (χ3v) is 7.54. The monoisotopic (exact) mass is 490 g/mol. The van der Waals surface area contributed by atoms with Gasteiger partial charge in [-0.1, -0.05) is 51.3 Å². The summed E-state index contributed by atoms with van der Waals surface area (Å²) in [6.45, 7) is 0.184. The summed E-state index contributed by atoms with van der Waals surface area (Å²) in [5.74, 6) is -0.193. The van der Waals surface area contributed by atoms with Gasteiger partial charge in [0.25, 0.3) is 5.91 Å². The SMILES string of the molecule is CNC(=O)c1ccc(CN(C2CC2)S(=O)(=O)c2c(Cl)cc(Br)cc2Cl)cc1. The molecule has 0 aliphatic heterocycles. The standard InChI is InChI=1S/C18H17BrCl2N2O3S/c1-22-18(24)12-4-2-11(3-5-12)10-23(14-6-7-14)27(25,26)17-15(20)8-13(19)9-16(17)21/h2-5,8-9,14H,6-7,10H2,1H3,(H,22,24). The third-order valence-electron chi connectivity index (χ3n) is 4.27. The van der Waals surface area contributed by atoms with E-state index in [1.165, 1.54) is 16.4 Å². The highest BCUT2D eigenvalue weighted by Gasteiger charge is 2.40. The van der Waals surface area contributed by atoms with Crippen molar-refractivity contribution >= 4 is 55.1 Å². The summed E-state index contributed by atoms with van der Waals surface area (Å²) in [4.78, 5) is 11.6. The number of halogens is 3. The molecule has 0 heterocycles. The number of sulfonamides is 1. The largest absolute Gasteiger partial charge is 0.355 e.